The van der Waals surface area contributed by atoms with E-state index in [1.807, 2.05) is 30.3 Å². The lowest BCUT2D eigenvalue weighted by atomic mass is 9.79. The van der Waals surface area contributed by atoms with E-state index in [-0.39, 0.29) is 16.9 Å². The summed E-state index contributed by atoms with van der Waals surface area (Å²) in [6.07, 6.45) is -5.19. The van der Waals surface area contributed by atoms with Crippen molar-refractivity contribution in [1.82, 2.24) is 0 Å². The molecule has 0 unspecified atom stereocenters. The van der Waals surface area contributed by atoms with Crippen LogP contribution in [-0.2, 0) is 16.8 Å². The highest BCUT2D eigenvalue weighted by Crippen LogP contribution is 2.43. The minimum atomic E-state index is -5.19. The molecule has 0 bridgehead atoms. The molecule has 5 rings (SSSR count). The Morgan fingerprint density at radius 1 is 0.878 bits per heavy atom. The summed E-state index contributed by atoms with van der Waals surface area (Å²) in [7, 11) is 0. The largest absolute Gasteiger partial charge is 0.542 e. The second-order valence-electron chi connectivity index (χ2n) is 9.88. The third-order valence-corrected chi connectivity index (χ3v) is 6.83. The van der Waals surface area contributed by atoms with Gasteiger partial charge in [-0.05, 0) is 43.2 Å². The molecule has 210 valence electrons. The number of halogens is 3. The number of hydrogen-bond acceptors (Lipinski definition) is 5. The van der Waals surface area contributed by atoms with E-state index >= 15 is 0 Å². The van der Waals surface area contributed by atoms with Crippen LogP contribution in [0.1, 0.15) is 30.5 Å². The maximum absolute atomic E-state index is 11.3. The quantitative estimate of drug-likeness (QED) is 0.185. The predicted molar refractivity (Wildman–Crippen MR) is 145 cm³/mol. The van der Waals surface area contributed by atoms with E-state index in [0.717, 1.165) is 28.1 Å². The lowest BCUT2D eigenvalue weighted by Crippen LogP contribution is -2.37. The molecule has 0 amide bonds. The summed E-state index contributed by atoms with van der Waals surface area (Å²) in [5, 5.41) is 30.6. The van der Waals surface area contributed by atoms with E-state index in [0.29, 0.717) is 12.1 Å². The van der Waals surface area contributed by atoms with Crippen LogP contribution in [0.15, 0.2) is 97.1 Å². The van der Waals surface area contributed by atoms with Gasteiger partial charge < -0.3 is 15.0 Å². The fourth-order valence-corrected chi connectivity index (χ4v) is 4.94. The molecule has 0 aliphatic carbocycles. The normalized spacial score (nSPS) is 13.7. The van der Waals surface area contributed by atoms with Gasteiger partial charge >= 0.3 is 6.18 Å². The van der Waals surface area contributed by atoms with Crippen LogP contribution < -0.4 is 5.11 Å². The third kappa shape index (κ3) is 6.11. The molecule has 0 radical (unpaired) electrons. The van der Waals surface area contributed by atoms with Gasteiger partial charge in [0.15, 0.2) is 12.3 Å². The zero-order valence-corrected chi connectivity index (χ0v) is 22.1. The molecular formula is C31H25F3N2O5. The standard InChI is InChI=1S/C29H24N2O3.C2HF3O2/c1-29(2)25-10-6-7-11-26(25)30(19-23-18-24(31(33)34)16-17-27(23)32)28(29)22-14-12-21(13-15-22)20-8-4-3-5-9-20;3-2(4,5)1(6)7/h3-18H,19H2,1-2H3;(H,6,7). The van der Waals surface area contributed by atoms with Crippen LogP contribution in [0, 0.1) is 10.1 Å². The van der Waals surface area contributed by atoms with Gasteiger partial charge in [-0.2, -0.15) is 17.7 Å². The number of phenolic OH excluding ortho intramolecular Hbond substituents is 1. The van der Waals surface area contributed by atoms with E-state index in [1.165, 1.54) is 23.8 Å². The van der Waals surface area contributed by atoms with Crippen LogP contribution in [0.4, 0.5) is 24.5 Å². The van der Waals surface area contributed by atoms with Crippen molar-refractivity contribution in [1.29, 1.82) is 0 Å². The number of aromatic hydroxyl groups is 1. The summed E-state index contributed by atoms with van der Waals surface area (Å²) in [4.78, 5) is 19.7. The van der Waals surface area contributed by atoms with Crippen LogP contribution in [0.2, 0.25) is 0 Å². The second kappa shape index (κ2) is 11.2. The number of rotatable bonds is 5. The number of non-ortho nitro benzene ring substituents is 1. The molecule has 10 heteroatoms. The molecule has 1 aliphatic rings. The SMILES string of the molecule is CC1(C)C(c2ccc(-c3ccccc3)cc2)=[N+](Cc2cc([N+](=O)[O-])ccc2O)c2ccccc21.O=C([O-])C(F)(F)F. The number of para-hydroxylation sites is 1. The molecule has 0 saturated carbocycles. The number of nitro benzene ring substituents is 1. The number of fused-ring (bicyclic) bond motifs is 1. The van der Waals surface area contributed by atoms with Crippen molar-refractivity contribution in [3.63, 3.8) is 0 Å². The second-order valence-corrected chi connectivity index (χ2v) is 9.88. The number of carboxylic acids is 1. The number of hydrogen-bond donors (Lipinski definition) is 1. The zero-order chi connectivity index (χ0) is 29.9. The van der Waals surface area contributed by atoms with E-state index in [1.54, 1.807) is 0 Å². The number of carboxylic acid groups (broad SMARTS) is 1. The van der Waals surface area contributed by atoms with Crippen molar-refractivity contribution in [2.24, 2.45) is 0 Å². The summed E-state index contributed by atoms with van der Waals surface area (Å²) in [6.45, 7) is 4.71. The molecule has 1 aliphatic heterocycles. The van der Waals surface area contributed by atoms with Gasteiger partial charge in [0, 0.05) is 29.3 Å². The molecule has 0 atom stereocenters. The van der Waals surface area contributed by atoms with E-state index in [4.69, 9.17) is 9.90 Å². The molecule has 1 heterocycles. The first kappa shape index (κ1) is 29.0. The fraction of sp³-hybridized carbons (Fsp3) is 0.161. The molecule has 4 aromatic carbocycles. The molecule has 0 fully saturated rings. The van der Waals surface area contributed by atoms with Crippen molar-refractivity contribution >= 4 is 23.1 Å². The van der Waals surface area contributed by atoms with Gasteiger partial charge in [0.05, 0.1) is 15.9 Å². The lowest BCUT2D eigenvalue weighted by Gasteiger charge is -2.18. The minimum absolute atomic E-state index is 0.0340. The summed E-state index contributed by atoms with van der Waals surface area (Å²) in [5.41, 5.74) is 6.88. The Balaban J connectivity index is 0.000000493. The summed E-state index contributed by atoms with van der Waals surface area (Å²) in [5.74, 6) is -2.96. The smallest absolute Gasteiger partial charge is 0.430 e. The van der Waals surface area contributed by atoms with Crippen LogP contribution in [0.25, 0.3) is 11.1 Å². The zero-order valence-electron chi connectivity index (χ0n) is 22.1. The number of aliphatic carboxylic acids is 1. The van der Waals surface area contributed by atoms with Gasteiger partial charge in [0.25, 0.3) is 5.69 Å². The van der Waals surface area contributed by atoms with Crippen molar-refractivity contribution in [2.75, 3.05) is 0 Å². The van der Waals surface area contributed by atoms with Crippen LogP contribution in [0.5, 0.6) is 5.75 Å². The van der Waals surface area contributed by atoms with Gasteiger partial charge in [-0.25, -0.2) is 0 Å². The molecule has 1 N–H and O–H groups in total. The van der Waals surface area contributed by atoms with Crippen LogP contribution >= 0.6 is 0 Å². The maximum Gasteiger partial charge on any atom is 0.430 e. The van der Waals surface area contributed by atoms with Gasteiger partial charge in [0.1, 0.15) is 11.7 Å². The summed E-state index contributed by atoms with van der Waals surface area (Å²) in [6, 6.07) is 31.2. The highest BCUT2D eigenvalue weighted by molar-refractivity contribution is 6.07. The van der Waals surface area contributed by atoms with E-state index < -0.39 is 17.1 Å². The Bertz CT molecular complexity index is 1630. The summed E-state index contributed by atoms with van der Waals surface area (Å²) < 4.78 is 33.7. The van der Waals surface area contributed by atoms with Crippen molar-refractivity contribution in [3.05, 3.63) is 124 Å². The van der Waals surface area contributed by atoms with Gasteiger partial charge in [0.2, 0.25) is 5.69 Å². The molecule has 0 saturated heterocycles. The first-order chi connectivity index (χ1) is 19.3. The monoisotopic (exact) mass is 562 g/mol. The molecular weight excluding hydrogens is 537 g/mol. The number of nitro groups is 1. The number of carbonyl (C=O) groups excluding carboxylic acids is 1. The average Bonchev–Trinajstić information content (AvgIpc) is 3.16. The highest BCUT2D eigenvalue weighted by Gasteiger charge is 2.46. The fourth-order valence-electron chi connectivity index (χ4n) is 4.94. The van der Waals surface area contributed by atoms with Gasteiger partial charge in [-0.1, -0.05) is 60.7 Å². The number of nitrogens with zero attached hydrogens (tertiary/aromatic N) is 2. The van der Waals surface area contributed by atoms with Gasteiger partial charge in [-0.3, -0.25) is 10.1 Å². The Morgan fingerprint density at radius 2 is 1.41 bits per heavy atom. The van der Waals surface area contributed by atoms with Crippen molar-refractivity contribution < 1.29 is 37.7 Å². The van der Waals surface area contributed by atoms with Gasteiger partial charge in [-0.15, -0.1) is 0 Å². The number of phenols is 1. The molecule has 4 aromatic rings. The topological polar surface area (TPSA) is 107 Å². The average molecular weight is 563 g/mol. The van der Waals surface area contributed by atoms with Crippen molar-refractivity contribution in [3.8, 4) is 16.9 Å². The van der Waals surface area contributed by atoms with Crippen LogP contribution in [-0.4, -0.2) is 32.5 Å². The number of alkyl halides is 3. The molecule has 41 heavy (non-hydrogen) atoms. The predicted octanol–water partition coefficient (Wildman–Crippen LogP) is 5.89. The van der Waals surface area contributed by atoms with Crippen molar-refractivity contribution in [2.45, 2.75) is 32.0 Å². The molecule has 7 nitrogen and oxygen atoms in total. The lowest BCUT2D eigenvalue weighted by molar-refractivity contribution is -0.455. The third-order valence-electron chi connectivity index (χ3n) is 6.83. The number of benzene rings is 4. The minimum Gasteiger partial charge on any atom is -0.542 e. The Kier molecular flexibility index (Phi) is 7.95. The Labute approximate surface area is 233 Å². The number of carbonyl (C=O) groups is 1. The van der Waals surface area contributed by atoms with Crippen LogP contribution in [0.3, 0.4) is 0 Å². The summed E-state index contributed by atoms with van der Waals surface area (Å²) >= 11 is 0. The molecule has 0 spiro atoms. The van der Waals surface area contributed by atoms with E-state index in [2.05, 4.69) is 67.0 Å². The first-order valence-electron chi connectivity index (χ1n) is 12.5. The highest BCUT2D eigenvalue weighted by atomic mass is 19.4. The Morgan fingerprint density at radius 3 is 2.00 bits per heavy atom. The first-order valence-corrected chi connectivity index (χ1v) is 12.5. The molecule has 0 aromatic heterocycles. The maximum atomic E-state index is 11.3. The van der Waals surface area contributed by atoms with E-state index in [9.17, 15) is 28.4 Å². The Hall–Kier alpha value is -4.99.